The first-order chi connectivity index (χ1) is 19.0. The van der Waals surface area contributed by atoms with Gasteiger partial charge in [-0.3, -0.25) is 0 Å². The molecule has 3 heteroatoms. The molecule has 3 aliphatic carbocycles. The molecule has 0 heterocycles. The van der Waals surface area contributed by atoms with E-state index in [1.807, 2.05) is 30.3 Å². The molecule has 0 unspecified atom stereocenters. The smallest absolute Gasteiger partial charge is 0.407 e. The van der Waals surface area contributed by atoms with E-state index in [4.69, 9.17) is 4.74 Å². The van der Waals surface area contributed by atoms with Crippen LogP contribution in [-0.4, -0.2) is 12.1 Å². The first-order valence-electron chi connectivity index (χ1n) is 16.0. The van der Waals surface area contributed by atoms with Crippen LogP contribution in [0.4, 0.5) is 4.79 Å². The fourth-order valence-corrected chi connectivity index (χ4v) is 8.16. The lowest BCUT2D eigenvalue weighted by Crippen LogP contribution is -2.40. The minimum Gasteiger partial charge on any atom is -0.445 e. The Hall–Kier alpha value is -2.29. The molecule has 0 bridgehead atoms. The second-order valence-corrected chi connectivity index (χ2v) is 14.8. The molecule has 0 aliphatic heterocycles. The Bertz CT molecular complexity index is 1080. The van der Waals surface area contributed by atoms with E-state index < -0.39 is 0 Å². The normalized spacial score (nSPS) is 31.7. The summed E-state index contributed by atoms with van der Waals surface area (Å²) in [6, 6.07) is 9.76. The van der Waals surface area contributed by atoms with Gasteiger partial charge in [0.05, 0.1) is 6.04 Å². The highest BCUT2D eigenvalue weighted by atomic mass is 16.5. The minimum atomic E-state index is -0.363. The maximum Gasteiger partial charge on any atom is 0.407 e. The zero-order chi connectivity index (χ0) is 28.9. The summed E-state index contributed by atoms with van der Waals surface area (Å²) in [6.07, 6.45) is 17.1. The van der Waals surface area contributed by atoms with Crippen LogP contribution in [-0.2, 0) is 11.3 Å². The first kappa shape index (κ1) is 30.7. The molecule has 0 spiro atoms. The van der Waals surface area contributed by atoms with Crippen molar-refractivity contribution in [2.75, 3.05) is 0 Å². The Balaban J connectivity index is 1.39. The number of carbonyl (C=O) groups is 1. The second-order valence-electron chi connectivity index (χ2n) is 14.8. The van der Waals surface area contributed by atoms with Gasteiger partial charge in [0, 0.05) is 0 Å². The van der Waals surface area contributed by atoms with Gasteiger partial charge in [-0.1, -0.05) is 109 Å². The van der Waals surface area contributed by atoms with Crippen LogP contribution in [0.2, 0.25) is 0 Å². The van der Waals surface area contributed by atoms with E-state index in [1.54, 1.807) is 5.57 Å². The Kier molecular flexibility index (Phi) is 10.1. The SMILES string of the molecule is C=C1/C(=C\C=C2/CCC[C@]3(C)[C@@H]([C@H](C)CCCC(C)(C)C)CC[C@@H]23)C[C@@H](C)C[C@@H]1NC(=O)OCc1ccccc1. The molecule has 220 valence electrons. The van der Waals surface area contributed by atoms with Crippen LogP contribution in [0, 0.1) is 34.5 Å². The number of fused-ring (bicyclic) bond motifs is 1. The summed E-state index contributed by atoms with van der Waals surface area (Å²) in [5.41, 5.74) is 5.86. The molecule has 0 radical (unpaired) electrons. The van der Waals surface area contributed by atoms with Crippen molar-refractivity contribution in [3.8, 4) is 0 Å². The summed E-state index contributed by atoms with van der Waals surface area (Å²) >= 11 is 0. The summed E-state index contributed by atoms with van der Waals surface area (Å²) in [7, 11) is 0. The maximum absolute atomic E-state index is 12.6. The largest absolute Gasteiger partial charge is 0.445 e. The molecule has 3 aliphatic rings. The summed E-state index contributed by atoms with van der Waals surface area (Å²) in [5, 5.41) is 3.10. The van der Waals surface area contributed by atoms with Crippen LogP contribution in [0.3, 0.4) is 0 Å². The molecular formula is C37H55NO2. The number of allylic oxidation sites excluding steroid dienone is 3. The molecular weight excluding hydrogens is 490 g/mol. The van der Waals surface area contributed by atoms with Crippen molar-refractivity contribution in [1.82, 2.24) is 5.32 Å². The Morgan fingerprint density at radius 3 is 2.67 bits per heavy atom. The molecule has 40 heavy (non-hydrogen) atoms. The molecule has 3 nitrogen and oxygen atoms in total. The zero-order valence-electron chi connectivity index (χ0n) is 26.2. The van der Waals surface area contributed by atoms with Crippen LogP contribution in [0.15, 0.2) is 65.8 Å². The Morgan fingerprint density at radius 2 is 1.95 bits per heavy atom. The molecule has 6 atom stereocenters. The van der Waals surface area contributed by atoms with Crippen molar-refractivity contribution in [2.45, 2.75) is 118 Å². The van der Waals surface area contributed by atoms with E-state index in [2.05, 4.69) is 65.6 Å². The zero-order valence-corrected chi connectivity index (χ0v) is 26.2. The summed E-state index contributed by atoms with van der Waals surface area (Å²) in [5.74, 6) is 2.86. The number of rotatable bonds is 8. The van der Waals surface area contributed by atoms with Gasteiger partial charge in [-0.05, 0) is 103 Å². The quantitative estimate of drug-likeness (QED) is 0.353. The van der Waals surface area contributed by atoms with Crippen LogP contribution in [0.5, 0.6) is 0 Å². The Labute approximate surface area is 244 Å². The number of hydrogen-bond acceptors (Lipinski definition) is 2. The van der Waals surface area contributed by atoms with Crippen LogP contribution >= 0.6 is 0 Å². The predicted molar refractivity (Wildman–Crippen MR) is 168 cm³/mol. The number of nitrogens with one attached hydrogen (secondary N) is 1. The lowest BCUT2D eigenvalue weighted by molar-refractivity contribution is 0.0920. The molecule has 1 aromatic carbocycles. The lowest BCUT2D eigenvalue weighted by atomic mass is 9.60. The van der Waals surface area contributed by atoms with Gasteiger partial charge >= 0.3 is 6.09 Å². The van der Waals surface area contributed by atoms with Gasteiger partial charge in [-0.25, -0.2) is 4.79 Å². The number of alkyl carbamates (subject to hydrolysis) is 1. The molecule has 1 aromatic rings. The van der Waals surface area contributed by atoms with Gasteiger partial charge in [0.2, 0.25) is 0 Å². The standard InChI is InChI=1S/C37H55NO2/c1-26-23-31(28(3)34(24-26)38-35(39)40-25-29-14-9-8-10-15-29)18-17-30-16-12-22-37(7)32(19-20-33(30)37)27(2)13-11-21-36(4,5)6/h8-10,14-15,17-18,26-27,32-34H,3,11-13,16,19-25H2,1-2,4-7H3,(H,38,39)/b30-17+,31-18-/t26-,27-,32-,33+,34+,37-/m1/s1. The number of amides is 1. The van der Waals surface area contributed by atoms with Crippen molar-refractivity contribution in [1.29, 1.82) is 0 Å². The second kappa shape index (κ2) is 13.1. The number of benzene rings is 1. The van der Waals surface area contributed by atoms with E-state index >= 15 is 0 Å². The summed E-state index contributed by atoms with van der Waals surface area (Å²) in [4.78, 5) is 12.6. The van der Waals surface area contributed by atoms with Crippen molar-refractivity contribution in [3.05, 3.63) is 71.3 Å². The maximum atomic E-state index is 12.6. The van der Waals surface area contributed by atoms with E-state index in [9.17, 15) is 4.79 Å². The van der Waals surface area contributed by atoms with Crippen LogP contribution in [0.1, 0.15) is 111 Å². The topological polar surface area (TPSA) is 38.3 Å². The number of ether oxygens (including phenoxy) is 1. The highest BCUT2D eigenvalue weighted by Gasteiger charge is 2.50. The third-order valence-electron chi connectivity index (χ3n) is 10.4. The van der Waals surface area contributed by atoms with E-state index in [1.165, 1.54) is 56.9 Å². The molecule has 4 rings (SSSR count). The van der Waals surface area contributed by atoms with Gasteiger partial charge in [-0.2, -0.15) is 0 Å². The molecule has 1 N–H and O–H groups in total. The van der Waals surface area contributed by atoms with Gasteiger partial charge in [0.1, 0.15) is 6.61 Å². The molecule has 0 saturated heterocycles. The van der Waals surface area contributed by atoms with Gasteiger partial charge < -0.3 is 10.1 Å². The monoisotopic (exact) mass is 545 g/mol. The van der Waals surface area contributed by atoms with Crippen molar-refractivity contribution in [3.63, 3.8) is 0 Å². The average Bonchev–Trinajstić information content (AvgIpc) is 3.26. The van der Waals surface area contributed by atoms with Crippen molar-refractivity contribution < 1.29 is 9.53 Å². The average molecular weight is 546 g/mol. The highest BCUT2D eigenvalue weighted by molar-refractivity contribution is 5.68. The van der Waals surface area contributed by atoms with Gasteiger partial charge in [0.15, 0.2) is 0 Å². The van der Waals surface area contributed by atoms with Gasteiger partial charge in [0.25, 0.3) is 0 Å². The van der Waals surface area contributed by atoms with Crippen molar-refractivity contribution in [2.24, 2.45) is 34.5 Å². The molecule has 3 saturated carbocycles. The predicted octanol–water partition coefficient (Wildman–Crippen LogP) is 10.2. The van der Waals surface area contributed by atoms with E-state index in [-0.39, 0.29) is 18.7 Å². The summed E-state index contributed by atoms with van der Waals surface area (Å²) < 4.78 is 5.51. The lowest BCUT2D eigenvalue weighted by Gasteiger charge is -2.44. The van der Waals surface area contributed by atoms with Crippen LogP contribution in [0.25, 0.3) is 0 Å². The molecule has 1 amide bonds. The highest BCUT2D eigenvalue weighted by Crippen LogP contribution is 2.60. The third-order valence-corrected chi connectivity index (χ3v) is 10.4. The minimum absolute atomic E-state index is 0.0712. The van der Waals surface area contributed by atoms with Crippen LogP contribution < -0.4 is 5.32 Å². The molecule has 3 fully saturated rings. The first-order valence-corrected chi connectivity index (χ1v) is 16.0. The summed E-state index contributed by atoms with van der Waals surface area (Å²) in [6.45, 7) is 19.3. The van der Waals surface area contributed by atoms with E-state index in [0.717, 1.165) is 35.8 Å². The fraction of sp³-hybridized carbons (Fsp3) is 0.649. The fourth-order valence-electron chi connectivity index (χ4n) is 8.16. The van der Waals surface area contributed by atoms with Gasteiger partial charge in [-0.15, -0.1) is 0 Å². The number of hydrogen-bond donors (Lipinski definition) is 1. The van der Waals surface area contributed by atoms with Crippen molar-refractivity contribution >= 4 is 6.09 Å². The third kappa shape index (κ3) is 7.71. The Morgan fingerprint density at radius 1 is 1.20 bits per heavy atom. The van der Waals surface area contributed by atoms with E-state index in [0.29, 0.717) is 22.7 Å². The molecule has 0 aromatic heterocycles. The number of carbonyl (C=O) groups excluding carboxylic acids is 1.